The van der Waals surface area contributed by atoms with Crippen molar-refractivity contribution in [3.05, 3.63) is 62.2 Å². The molecule has 2 rings (SSSR count). The topological polar surface area (TPSA) is 62.0 Å². The zero-order chi connectivity index (χ0) is 14.0. The minimum Gasteiger partial charge on any atom is -0.318 e. The molecule has 0 bridgehead atoms. The lowest BCUT2D eigenvalue weighted by atomic mass is 10.2. The standard InChI is InChI=1S/C12H7Cl2FN2O2/c13-7-4-6(15)5-8(14)11(7)17-12(19)9-2-1-3-10(18)16-9/h1-5H,(H,16,18)(H,17,19). The number of nitrogens with one attached hydrogen (secondary N) is 2. The highest BCUT2D eigenvalue weighted by Gasteiger charge is 2.13. The summed E-state index contributed by atoms with van der Waals surface area (Å²) in [5.74, 6) is -1.21. The summed E-state index contributed by atoms with van der Waals surface area (Å²) < 4.78 is 13.0. The maximum absolute atomic E-state index is 13.0. The summed E-state index contributed by atoms with van der Waals surface area (Å²) in [6, 6.07) is 6.17. The molecule has 0 saturated carbocycles. The van der Waals surface area contributed by atoms with Gasteiger partial charge in [0.1, 0.15) is 11.5 Å². The van der Waals surface area contributed by atoms with Gasteiger partial charge < -0.3 is 10.3 Å². The summed E-state index contributed by atoms with van der Waals surface area (Å²) in [5.41, 5.74) is -0.285. The number of hydrogen-bond donors (Lipinski definition) is 2. The third kappa shape index (κ3) is 3.13. The van der Waals surface area contributed by atoms with Gasteiger partial charge in [-0.25, -0.2) is 4.39 Å². The molecule has 1 aromatic carbocycles. The molecule has 0 aliphatic rings. The number of benzene rings is 1. The first-order valence-electron chi connectivity index (χ1n) is 5.12. The van der Waals surface area contributed by atoms with E-state index in [1.54, 1.807) is 0 Å². The molecule has 4 nitrogen and oxygen atoms in total. The highest BCUT2D eigenvalue weighted by atomic mass is 35.5. The Morgan fingerprint density at radius 2 is 1.84 bits per heavy atom. The number of amides is 1. The van der Waals surface area contributed by atoms with E-state index < -0.39 is 17.3 Å². The van der Waals surface area contributed by atoms with E-state index in [4.69, 9.17) is 23.2 Å². The van der Waals surface area contributed by atoms with Gasteiger partial charge in [0.2, 0.25) is 5.56 Å². The Hall–Kier alpha value is -1.85. The first kappa shape index (κ1) is 13.6. The summed E-state index contributed by atoms with van der Waals surface area (Å²) in [6.45, 7) is 0. The molecule has 1 amide bonds. The van der Waals surface area contributed by atoms with Crippen molar-refractivity contribution in [2.75, 3.05) is 5.32 Å². The molecular weight excluding hydrogens is 294 g/mol. The molecule has 1 aromatic heterocycles. The summed E-state index contributed by atoms with van der Waals surface area (Å²) in [6.07, 6.45) is 0. The van der Waals surface area contributed by atoms with Crippen LogP contribution in [0.2, 0.25) is 10.0 Å². The van der Waals surface area contributed by atoms with E-state index in [1.165, 1.54) is 18.2 Å². The van der Waals surface area contributed by atoms with Crippen molar-refractivity contribution in [2.24, 2.45) is 0 Å². The Labute approximate surface area is 117 Å². The molecule has 0 radical (unpaired) electrons. The van der Waals surface area contributed by atoms with Crippen LogP contribution in [-0.4, -0.2) is 10.9 Å². The lowest BCUT2D eigenvalue weighted by Gasteiger charge is -2.09. The lowest BCUT2D eigenvalue weighted by molar-refractivity contribution is 0.102. The van der Waals surface area contributed by atoms with Gasteiger partial charge in [-0.3, -0.25) is 9.59 Å². The minimum atomic E-state index is -0.610. The van der Waals surface area contributed by atoms with Gasteiger partial charge in [0.15, 0.2) is 0 Å². The Morgan fingerprint density at radius 1 is 1.21 bits per heavy atom. The average Bonchev–Trinajstić information content (AvgIpc) is 2.33. The van der Waals surface area contributed by atoms with Crippen molar-refractivity contribution in [3.63, 3.8) is 0 Å². The van der Waals surface area contributed by atoms with Crippen LogP contribution >= 0.6 is 23.2 Å². The van der Waals surface area contributed by atoms with Crippen LogP contribution in [0.15, 0.2) is 35.1 Å². The number of anilines is 1. The van der Waals surface area contributed by atoms with E-state index in [9.17, 15) is 14.0 Å². The van der Waals surface area contributed by atoms with E-state index in [0.29, 0.717) is 0 Å². The number of hydrogen-bond acceptors (Lipinski definition) is 2. The molecule has 1 heterocycles. The van der Waals surface area contributed by atoms with Crippen LogP contribution in [0.4, 0.5) is 10.1 Å². The zero-order valence-corrected chi connectivity index (χ0v) is 10.8. The first-order chi connectivity index (χ1) is 8.97. The highest BCUT2D eigenvalue weighted by molar-refractivity contribution is 6.40. The fourth-order valence-electron chi connectivity index (χ4n) is 1.42. The molecule has 0 aliphatic heterocycles. The largest absolute Gasteiger partial charge is 0.318 e. The number of aromatic amines is 1. The Morgan fingerprint density at radius 3 is 2.42 bits per heavy atom. The molecule has 0 aliphatic carbocycles. The van der Waals surface area contributed by atoms with Crippen molar-refractivity contribution < 1.29 is 9.18 Å². The quantitative estimate of drug-likeness (QED) is 0.895. The smallest absolute Gasteiger partial charge is 0.272 e. The predicted octanol–water partition coefficient (Wildman–Crippen LogP) is 3.07. The predicted molar refractivity (Wildman–Crippen MR) is 71.4 cm³/mol. The van der Waals surface area contributed by atoms with Crippen LogP contribution in [0.3, 0.4) is 0 Å². The monoisotopic (exact) mass is 300 g/mol. The normalized spacial score (nSPS) is 10.3. The fourth-order valence-corrected chi connectivity index (χ4v) is 1.98. The van der Waals surface area contributed by atoms with Crippen LogP contribution in [0.5, 0.6) is 0 Å². The summed E-state index contributed by atoms with van der Waals surface area (Å²) >= 11 is 11.6. The van der Waals surface area contributed by atoms with Crippen LogP contribution in [-0.2, 0) is 0 Å². The van der Waals surface area contributed by atoms with Gasteiger partial charge in [-0.1, -0.05) is 29.3 Å². The van der Waals surface area contributed by atoms with E-state index in [2.05, 4.69) is 10.3 Å². The number of carbonyl (C=O) groups excluding carboxylic acids is 1. The van der Waals surface area contributed by atoms with Crippen LogP contribution in [0.25, 0.3) is 0 Å². The third-order valence-corrected chi connectivity index (χ3v) is 2.85. The third-order valence-electron chi connectivity index (χ3n) is 2.26. The van der Waals surface area contributed by atoms with Gasteiger partial charge >= 0.3 is 0 Å². The molecule has 7 heteroatoms. The summed E-state index contributed by atoms with van der Waals surface area (Å²) in [5, 5.41) is 2.35. The van der Waals surface area contributed by atoms with Gasteiger partial charge in [0, 0.05) is 6.07 Å². The number of aromatic nitrogens is 1. The summed E-state index contributed by atoms with van der Waals surface area (Å²) in [7, 11) is 0. The van der Waals surface area contributed by atoms with Crippen LogP contribution in [0, 0.1) is 5.82 Å². The van der Waals surface area contributed by atoms with E-state index in [-0.39, 0.29) is 21.4 Å². The molecule has 0 fully saturated rings. The molecule has 0 spiro atoms. The number of pyridine rings is 1. The van der Waals surface area contributed by atoms with E-state index in [1.807, 2.05) is 0 Å². The Balaban J connectivity index is 2.32. The number of halogens is 3. The maximum Gasteiger partial charge on any atom is 0.272 e. The Bertz CT molecular complexity index is 677. The Kier molecular flexibility index (Phi) is 3.87. The zero-order valence-electron chi connectivity index (χ0n) is 9.34. The first-order valence-corrected chi connectivity index (χ1v) is 5.88. The number of rotatable bonds is 2. The molecule has 2 aromatic rings. The van der Waals surface area contributed by atoms with E-state index in [0.717, 1.165) is 12.1 Å². The SMILES string of the molecule is O=C(Nc1c(Cl)cc(F)cc1Cl)c1cccc(=O)[nH]1. The van der Waals surface area contributed by atoms with Crippen molar-refractivity contribution >= 4 is 34.8 Å². The minimum absolute atomic E-state index is 0.0309. The van der Waals surface area contributed by atoms with Crippen LogP contribution in [0.1, 0.15) is 10.5 Å². The second kappa shape index (κ2) is 5.42. The molecule has 2 N–H and O–H groups in total. The number of carbonyl (C=O) groups is 1. The van der Waals surface area contributed by atoms with Crippen molar-refractivity contribution in [1.82, 2.24) is 4.98 Å². The lowest BCUT2D eigenvalue weighted by Crippen LogP contribution is -2.18. The summed E-state index contributed by atoms with van der Waals surface area (Å²) in [4.78, 5) is 25.3. The van der Waals surface area contributed by atoms with Gasteiger partial charge in [-0.15, -0.1) is 0 Å². The molecule has 98 valence electrons. The maximum atomic E-state index is 13.0. The molecule has 0 atom stereocenters. The fraction of sp³-hybridized carbons (Fsp3) is 0. The van der Waals surface area contributed by atoms with Crippen LogP contribution < -0.4 is 10.9 Å². The second-order valence-corrected chi connectivity index (χ2v) is 4.44. The average molecular weight is 301 g/mol. The van der Waals surface area contributed by atoms with Gasteiger partial charge in [0.05, 0.1) is 15.7 Å². The van der Waals surface area contributed by atoms with Crippen molar-refractivity contribution in [1.29, 1.82) is 0 Å². The molecule has 0 unspecified atom stereocenters. The number of H-pyrrole nitrogens is 1. The van der Waals surface area contributed by atoms with Gasteiger partial charge in [0.25, 0.3) is 5.91 Å². The van der Waals surface area contributed by atoms with E-state index >= 15 is 0 Å². The van der Waals surface area contributed by atoms with Gasteiger partial charge in [-0.05, 0) is 18.2 Å². The highest BCUT2D eigenvalue weighted by Crippen LogP contribution is 2.31. The van der Waals surface area contributed by atoms with Gasteiger partial charge in [-0.2, -0.15) is 0 Å². The van der Waals surface area contributed by atoms with Crippen molar-refractivity contribution in [3.8, 4) is 0 Å². The molecule has 0 saturated heterocycles. The molecule has 19 heavy (non-hydrogen) atoms. The second-order valence-electron chi connectivity index (χ2n) is 3.63. The molecular formula is C12H7Cl2FN2O2. The van der Waals surface area contributed by atoms with Crippen molar-refractivity contribution in [2.45, 2.75) is 0 Å².